The third-order valence-electron chi connectivity index (χ3n) is 4.34. The Morgan fingerprint density at radius 2 is 1.81 bits per heavy atom. The summed E-state index contributed by atoms with van der Waals surface area (Å²) in [6, 6.07) is 14.0. The van der Waals surface area contributed by atoms with E-state index in [-0.39, 0.29) is 11.2 Å². The van der Waals surface area contributed by atoms with Crippen molar-refractivity contribution in [3.05, 3.63) is 59.9 Å². The SMILES string of the molecule is Cc1cccc(C(C)C)c1NC(=O)[C@H](C)Sc1ncnc2ccccc12. The summed E-state index contributed by atoms with van der Waals surface area (Å²) in [6.07, 6.45) is 1.55. The molecule has 1 heterocycles. The van der Waals surface area contributed by atoms with E-state index in [2.05, 4.69) is 35.2 Å². The number of hydrogen-bond acceptors (Lipinski definition) is 4. The van der Waals surface area contributed by atoms with Gasteiger partial charge in [-0.3, -0.25) is 4.79 Å². The lowest BCUT2D eigenvalue weighted by Crippen LogP contribution is -2.24. The smallest absolute Gasteiger partial charge is 0.237 e. The van der Waals surface area contributed by atoms with Gasteiger partial charge in [0.05, 0.1) is 10.8 Å². The summed E-state index contributed by atoms with van der Waals surface area (Å²) in [5.41, 5.74) is 4.04. The van der Waals surface area contributed by atoms with E-state index >= 15 is 0 Å². The number of nitrogens with one attached hydrogen (secondary N) is 1. The highest BCUT2D eigenvalue weighted by Crippen LogP contribution is 2.31. The van der Waals surface area contributed by atoms with Gasteiger partial charge in [0.1, 0.15) is 11.4 Å². The van der Waals surface area contributed by atoms with E-state index in [9.17, 15) is 4.79 Å². The fraction of sp³-hybridized carbons (Fsp3) is 0.286. The molecule has 0 saturated heterocycles. The molecule has 0 radical (unpaired) electrons. The molecule has 2 aromatic carbocycles. The van der Waals surface area contributed by atoms with Crippen molar-refractivity contribution in [2.24, 2.45) is 0 Å². The molecular formula is C21H23N3OS. The fourth-order valence-corrected chi connectivity index (χ4v) is 3.77. The second-order valence-corrected chi connectivity index (χ2v) is 7.97. The quantitative estimate of drug-likeness (QED) is 0.500. The van der Waals surface area contributed by atoms with Crippen molar-refractivity contribution in [2.75, 3.05) is 5.32 Å². The lowest BCUT2D eigenvalue weighted by Gasteiger charge is -2.18. The van der Waals surface area contributed by atoms with Crippen LogP contribution in [0, 0.1) is 6.92 Å². The lowest BCUT2D eigenvalue weighted by molar-refractivity contribution is -0.115. The number of hydrogen-bond donors (Lipinski definition) is 1. The minimum Gasteiger partial charge on any atom is -0.325 e. The van der Waals surface area contributed by atoms with Crippen molar-refractivity contribution in [3.8, 4) is 0 Å². The first-order valence-corrected chi connectivity index (χ1v) is 9.62. The second-order valence-electron chi connectivity index (χ2n) is 6.64. The summed E-state index contributed by atoms with van der Waals surface area (Å²) in [4.78, 5) is 21.5. The van der Waals surface area contributed by atoms with Gasteiger partial charge in [0.2, 0.25) is 5.91 Å². The molecular weight excluding hydrogens is 342 g/mol. The summed E-state index contributed by atoms with van der Waals surface area (Å²) in [6.45, 7) is 8.20. The average molecular weight is 366 g/mol. The van der Waals surface area contributed by atoms with Gasteiger partial charge < -0.3 is 5.32 Å². The first-order chi connectivity index (χ1) is 12.5. The highest BCUT2D eigenvalue weighted by atomic mass is 32.2. The van der Waals surface area contributed by atoms with E-state index in [4.69, 9.17) is 0 Å². The number of carbonyl (C=O) groups is 1. The van der Waals surface area contributed by atoms with Gasteiger partial charge in [0, 0.05) is 11.1 Å². The van der Waals surface area contributed by atoms with Crippen LogP contribution >= 0.6 is 11.8 Å². The minimum absolute atomic E-state index is 0.0195. The van der Waals surface area contributed by atoms with Crippen LogP contribution < -0.4 is 5.32 Å². The first-order valence-electron chi connectivity index (χ1n) is 8.74. The number of thioether (sulfide) groups is 1. The number of aromatic nitrogens is 2. The maximum Gasteiger partial charge on any atom is 0.237 e. The van der Waals surface area contributed by atoms with Crippen LogP contribution in [0.15, 0.2) is 53.8 Å². The molecule has 0 aliphatic rings. The van der Waals surface area contributed by atoms with Crippen LogP contribution in [0.1, 0.15) is 37.8 Å². The van der Waals surface area contributed by atoms with Crippen LogP contribution in [-0.4, -0.2) is 21.1 Å². The van der Waals surface area contributed by atoms with Crippen LogP contribution in [0.4, 0.5) is 5.69 Å². The molecule has 0 aliphatic carbocycles. The van der Waals surface area contributed by atoms with Gasteiger partial charge in [-0.25, -0.2) is 9.97 Å². The van der Waals surface area contributed by atoms with Crippen molar-refractivity contribution in [1.82, 2.24) is 9.97 Å². The standard InChI is InChI=1S/C21H23N3OS/c1-13(2)16-10-7-8-14(3)19(16)24-20(25)15(4)26-21-17-9-5-6-11-18(17)22-12-23-21/h5-13,15H,1-4H3,(H,24,25)/t15-/m0/s1. The van der Waals surface area contributed by atoms with Crippen LogP contribution in [0.5, 0.6) is 0 Å². The minimum atomic E-state index is -0.270. The predicted molar refractivity (Wildman–Crippen MR) is 109 cm³/mol. The molecule has 1 atom stereocenters. The molecule has 0 spiro atoms. The number of benzene rings is 2. The number of nitrogens with zero attached hydrogens (tertiary/aromatic N) is 2. The number of aryl methyl sites for hydroxylation is 1. The number of amides is 1. The average Bonchev–Trinajstić information content (AvgIpc) is 2.63. The molecule has 0 saturated carbocycles. The van der Waals surface area contributed by atoms with Crippen LogP contribution in [-0.2, 0) is 4.79 Å². The molecule has 1 amide bonds. The van der Waals surface area contributed by atoms with Gasteiger partial charge in [0.15, 0.2) is 0 Å². The van der Waals surface area contributed by atoms with Crippen molar-refractivity contribution in [2.45, 2.75) is 43.9 Å². The monoisotopic (exact) mass is 365 g/mol. The Kier molecular flexibility index (Phi) is 5.57. The third-order valence-corrected chi connectivity index (χ3v) is 5.46. The lowest BCUT2D eigenvalue weighted by atomic mass is 9.98. The van der Waals surface area contributed by atoms with Gasteiger partial charge in [-0.15, -0.1) is 0 Å². The summed E-state index contributed by atoms with van der Waals surface area (Å²) in [7, 11) is 0. The first kappa shape index (κ1) is 18.4. The zero-order chi connectivity index (χ0) is 18.7. The van der Waals surface area contributed by atoms with Gasteiger partial charge in [-0.2, -0.15) is 0 Å². The fourth-order valence-electron chi connectivity index (χ4n) is 2.86. The molecule has 0 unspecified atom stereocenters. The molecule has 134 valence electrons. The van der Waals surface area contributed by atoms with E-state index in [1.807, 2.05) is 50.2 Å². The molecule has 3 aromatic rings. The zero-order valence-electron chi connectivity index (χ0n) is 15.5. The normalized spacial score (nSPS) is 12.3. The molecule has 1 aromatic heterocycles. The Balaban J connectivity index is 1.81. The summed E-state index contributed by atoms with van der Waals surface area (Å²) < 4.78 is 0. The number of rotatable bonds is 5. The van der Waals surface area contributed by atoms with Gasteiger partial charge in [-0.1, -0.05) is 62.0 Å². The zero-order valence-corrected chi connectivity index (χ0v) is 16.3. The van der Waals surface area contributed by atoms with Crippen LogP contribution in [0.2, 0.25) is 0 Å². The maximum atomic E-state index is 12.8. The third kappa shape index (κ3) is 3.88. The van der Waals surface area contributed by atoms with E-state index in [1.165, 1.54) is 11.8 Å². The Bertz CT molecular complexity index is 934. The number of para-hydroxylation sites is 2. The van der Waals surface area contributed by atoms with Crippen LogP contribution in [0.25, 0.3) is 10.9 Å². The highest BCUT2D eigenvalue weighted by Gasteiger charge is 2.19. The molecule has 0 fully saturated rings. The van der Waals surface area contributed by atoms with Crippen molar-refractivity contribution in [1.29, 1.82) is 0 Å². The summed E-state index contributed by atoms with van der Waals surface area (Å²) >= 11 is 1.46. The van der Waals surface area contributed by atoms with Crippen molar-refractivity contribution in [3.63, 3.8) is 0 Å². The molecule has 1 N–H and O–H groups in total. The molecule has 0 bridgehead atoms. The molecule has 5 heteroatoms. The summed E-state index contributed by atoms with van der Waals surface area (Å²) in [5, 5.41) is 4.65. The maximum absolute atomic E-state index is 12.8. The number of fused-ring (bicyclic) bond motifs is 1. The van der Waals surface area contributed by atoms with Gasteiger partial charge >= 0.3 is 0 Å². The van der Waals surface area contributed by atoms with E-state index in [0.29, 0.717) is 5.92 Å². The van der Waals surface area contributed by atoms with E-state index in [1.54, 1.807) is 6.33 Å². The van der Waals surface area contributed by atoms with Crippen LogP contribution in [0.3, 0.4) is 0 Å². The Morgan fingerprint density at radius 1 is 1.04 bits per heavy atom. The van der Waals surface area contributed by atoms with Gasteiger partial charge in [0.25, 0.3) is 0 Å². The topological polar surface area (TPSA) is 54.9 Å². The largest absolute Gasteiger partial charge is 0.325 e. The Morgan fingerprint density at radius 3 is 2.58 bits per heavy atom. The van der Waals surface area contributed by atoms with Crippen molar-refractivity contribution >= 4 is 34.3 Å². The highest BCUT2D eigenvalue weighted by molar-refractivity contribution is 8.00. The summed E-state index contributed by atoms with van der Waals surface area (Å²) in [5.74, 6) is 0.327. The number of carbonyl (C=O) groups excluding carboxylic acids is 1. The van der Waals surface area contributed by atoms with Crippen molar-refractivity contribution < 1.29 is 4.79 Å². The molecule has 0 aliphatic heterocycles. The Hall–Kier alpha value is -2.40. The molecule has 3 rings (SSSR count). The molecule has 26 heavy (non-hydrogen) atoms. The molecule has 4 nitrogen and oxygen atoms in total. The van der Waals surface area contributed by atoms with E-state index < -0.39 is 0 Å². The van der Waals surface area contributed by atoms with E-state index in [0.717, 1.165) is 32.7 Å². The predicted octanol–water partition coefficient (Wildman–Crippen LogP) is 5.18. The van der Waals surface area contributed by atoms with Gasteiger partial charge in [-0.05, 0) is 37.0 Å². The Labute approximate surface area is 158 Å². The second kappa shape index (κ2) is 7.87. The number of anilines is 1.